The molecule has 118 valence electrons. The molecule has 2 rings (SSSR count). The number of hydrogen-bond donors (Lipinski definition) is 1. The molecule has 0 radical (unpaired) electrons. The van der Waals surface area contributed by atoms with Gasteiger partial charge < -0.3 is 5.32 Å². The summed E-state index contributed by atoms with van der Waals surface area (Å²) in [5.74, 6) is 0.969. The first-order chi connectivity index (χ1) is 10.2. The highest BCUT2D eigenvalue weighted by Gasteiger charge is 2.18. The van der Waals surface area contributed by atoms with E-state index in [0.29, 0.717) is 6.04 Å². The number of rotatable bonds is 8. The lowest BCUT2D eigenvalue weighted by Gasteiger charge is -2.21. The zero-order chi connectivity index (χ0) is 15.1. The Morgan fingerprint density at radius 3 is 2.76 bits per heavy atom. The lowest BCUT2D eigenvalue weighted by atomic mass is 9.95. The van der Waals surface area contributed by atoms with Gasteiger partial charge in [-0.25, -0.2) is 0 Å². The summed E-state index contributed by atoms with van der Waals surface area (Å²) in [5.41, 5.74) is 1.26. The Hall–Kier alpha value is -0.0500. The molecule has 1 fully saturated rings. The zero-order valence-corrected chi connectivity index (χ0v) is 15.3. The van der Waals surface area contributed by atoms with Gasteiger partial charge in [0.05, 0.1) is 0 Å². The number of halogens is 2. The molecule has 1 unspecified atom stereocenters. The topological polar surface area (TPSA) is 12.0 Å². The van der Waals surface area contributed by atoms with Crippen molar-refractivity contribution in [3.05, 3.63) is 33.3 Å². The highest BCUT2D eigenvalue weighted by atomic mass is 79.9. The smallest absolute Gasteiger partial charge is 0.0449 e. The minimum absolute atomic E-state index is 0.559. The van der Waals surface area contributed by atoms with Crippen molar-refractivity contribution in [1.82, 2.24) is 5.32 Å². The van der Waals surface area contributed by atoms with Gasteiger partial charge in [-0.15, -0.1) is 0 Å². The van der Waals surface area contributed by atoms with Crippen molar-refractivity contribution in [2.75, 3.05) is 6.54 Å². The monoisotopic (exact) mass is 371 g/mol. The summed E-state index contributed by atoms with van der Waals surface area (Å²) in [6.45, 7) is 3.33. The van der Waals surface area contributed by atoms with Gasteiger partial charge >= 0.3 is 0 Å². The Labute approximate surface area is 143 Å². The van der Waals surface area contributed by atoms with Crippen molar-refractivity contribution in [3.8, 4) is 0 Å². The van der Waals surface area contributed by atoms with Crippen molar-refractivity contribution in [2.24, 2.45) is 5.92 Å². The second kappa shape index (κ2) is 9.17. The lowest BCUT2D eigenvalue weighted by Crippen LogP contribution is -2.32. The van der Waals surface area contributed by atoms with E-state index in [4.69, 9.17) is 11.6 Å². The van der Waals surface area contributed by atoms with Gasteiger partial charge in [-0.2, -0.15) is 0 Å². The molecule has 1 N–H and O–H groups in total. The molecule has 0 saturated heterocycles. The first kappa shape index (κ1) is 17.3. The number of nitrogens with one attached hydrogen (secondary N) is 1. The predicted molar refractivity (Wildman–Crippen MR) is 96.1 cm³/mol. The van der Waals surface area contributed by atoms with Crippen LogP contribution in [-0.4, -0.2) is 12.6 Å². The first-order valence-corrected chi connectivity index (χ1v) is 9.53. The molecule has 1 aromatic rings. The van der Waals surface area contributed by atoms with Crippen molar-refractivity contribution < 1.29 is 0 Å². The largest absolute Gasteiger partial charge is 0.314 e. The van der Waals surface area contributed by atoms with Crippen LogP contribution in [0.4, 0.5) is 0 Å². The Kier molecular flexibility index (Phi) is 7.56. The minimum atomic E-state index is 0.559. The van der Waals surface area contributed by atoms with Gasteiger partial charge in [-0.1, -0.05) is 66.2 Å². The molecule has 1 nitrogen and oxygen atoms in total. The summed E-state index contributed by atoms with van der Waals surface area (Å²) in [6, 6.07) is 6.81. The van der Waals surface area contributed by atoms with Crippen LogP contribution < -0.4 is 5.32 Å². The molecule has 1 aliphatic carbocycles. The fourth-order valence-corrected chi connectivity index (χ4v) is 4.06. The maximum atomic E-state index is 6.38. The number of hydrogen-bond acceptors (Lipinski definition) is 1. The highest BCUT2D eigenvalue weighted by molar-refractivity contribution is 9.10. The van der Waals surface area contributed by atoms with Crippen LogP contribution in [0, 0.1) is 5.92 Å². The average molecular weight is 373 g/mol. The maximum Gasteiger partial charge on any atom is 0.0449 e. The third-order valence-electron chi connectivity index (χ3n) is 4.56. The van der Waals surface area contributed by atoms with Gasteiger partial charge in [0.2, 0.25) is 0 Å². The van der Waals surface area contributed by atoms with E-state index in [-0.39, 0.29) is 0 Å². The second-order valence-corrected chi connectivity index (χ2v) is 7.64. The third kappa shape index (κ3) is 5.92. The van der Waals surface area contributed by atoms with Crippen LogP contribution >= 0.6 is 27.5 Å². The van der Waals surface area contributed by atoms with Crippen LogP contribution in [0.1, 0.15) is 57.4 Å². The van der Waals surface area contributed by atoms with Crippen LogP contribution in [0.3, 0.4) is 0 Å². The molecule has 0 aromatic heterocycles. The van der Waals surface area contributed by atoms with Crippen LogP contribution in [-0.2, 0) is 6.42 Å². The van der Waals surface area contributed by atoms with Crippen LogP contribution in [0.2, 0.25) is 5.02 Å². The third-order valence-corrected chi connectivity index (χ3v) is 5.41. The summed E-state index contributed by atoms with van der Waals surface area (Å²) in [7, 11) is 0. The second-order valence-electron chi connectivity index (χ2n) is 6.32. The Morgan fingerprint density at radius 2 is 2.10 bits per heavy atom. The van der Waals surface area contributed by atoms with E-state index in [1.165, 1.54) is 50.5 Å². The standard InChI is InChI=1S/C18H27BrClN/c1-2-11-21-17(10-7-14-5-3-4-6-14)12-15-8-9-16(19)13-18(15)20/h8-9,13-14,17,21H,2-7,10-12H2,1H3. The molecule has 1 aliphatic rings. The minimum Gasteiger partial charge on any atom is -0.314 e. The van der Waals surface area contributed by atoms with Gasteiger partial charge in [0.15, 0.2) is 0 Å². The molecular weight excluding hydrogens is 346 g/mol. The van der Waals surface area contributed by atoms with Crippen molar-refractivity contribution in [1.29, 1.82) is 0 Å². The fraction of sp³-hybridized carbons (Fsp3) is 0.667. The van der Waals surface area contributed by atoms with Gasteiger partial charge in [0.25, 0.3) is 0 Å². The van der Waals surface area contributed by atoms with Gasteiger partial charge in [-0.05, 0) is 55.8 Å². The van der Waals surface area contributed by atoms with Crippen molar-refractivity contribution in [3.63, 3.8) is 0 Å². The molecule has 1 aromatic carbocycles. The van der Waals surface area contributed by atoms with Gasteiger partial charge in [-0.3, -0.25) is 0 Å². The Morgan fingerprint density at radius 1 is 1.33 bits per heavy atom. The summed E-state index contributed by atoms with van der Waals surface area (Å²) in [6.07, 6.45) is 10.6. The van der Waals surface area contributed by atoms with Crippen molar-refractivity contribution in [2.45, 2.75) is 64.3 Å². The van der Waals surface area contributed by atoms with Gasteiger partial charge in [0, 0.05) is 15.5 Å². The van der Waals surface area contributed by atoms with E-state index >= 15 is 0 Å². The summed E-state index contributed by atoms with van der Waals surface area (Å²) < 4.78 is 1.06. The number of benzene rings is 1. The molecule has 0 heterocycles. The normalized spacial score (nSPS) is 17.3. The van der Waals surface area contributed by atoms with E-state index in [9.17, 15) is 0 Å². The predicted octanol–water partition coefficient (Wildman–Crippen LogP) is 5.98. The van der Waals surface area contributed by atoms with Crippen LogP contribution in [0.15, 0.2) is 22.7 Å². The Bertz CT molecular complexity index is 429. The lowest BCUT2D eigenvalue weighted by molar-refractivity contribution is 0.402. The maximum absolute atomic E-state index is 6.38. The quantitative estimate of drug-likeness (QED) is 0.591. The molecule has 0 amide bonds. The first-order valence-electron chi connectivity index (χ1n) is 8.36. The SMILES string of the molecule is CCCNC(CCC1CCCC1)Cc1ccc(Br)cc1Cl. The molecule has 0 spiro atoms. The van der Waals surface area contributed by atoms with Crippen molar-refractivity contribution >= 4 is 27.5 Å². The van der Waals surface area contributed by atoms with Crippen LogP contribution in [0.5, 0.6) is 0 Å². The van der Waals surface area contributed by atoms with Crippen LogP contribution in [0.25, 0.3) is 0 Å². The molecule has 3 heteroatoms. The van der Waals surface area contributed by atoms with Gasteiger partial charge in [0.1, 0.15) is 0 Å². The molecule has 0 bridgehead atoms. The summed E-state index contributed by atoms with van der Waals surface area (Å²) in [4.78, 5) is 0. The molecule has 0 aliphatic heterocycles. The fourth-order valence-electron chi connectivity index (χ4n) is 3.31. The molecule has 21 heavy (non-hydrogen) atoms. The molecular formula is C18H27BrClN. The van der Waals surface area contributed by atoms with E-state index in [1.54, 1.807) is 0 Å². The summed E-state index contributed by atoms with van der Waals surface area (Å²) in [5, 5.41) is 4.60. The van der Waals surface area contributed by atoms with E-state index in [1.807, 2.05) is 6.07 Å². The van der Waals surface area contributed by atoms with E-state index in [2.05, 4.69) is 40.3 Å². The molecule has 1 atom stereocenters. The average Bonchev–Trinajstić information content (AvgIpc) is 2.97. The molecule has 1 saturated carbocycles. The van der Waals surface area contributed by atoms with E-state index in [0.717, 1.165) is 28.4 Å². The van der Waals surface area contributed by atoms with E-state index < -0.39 is 0 Å². The summed E-state index contributed by atoms with van der Waals surface area (Å²) >= 11 is 9.86. The highest BCUT2D eigenvalue weighted by Crippen LogP contribution is 2.30. The zero-order valence-electron chi connectivity index (χ0n) is 13.0. The Balaban J connectivity index is 1.90.